The van der Waals surface area contributed by atoms with Crippen molar-refractivity contribution in [1.29, 1.82) is 0 Å². The Morgan fingerprint density at radius 2 is 1.94 bits per heavy atom. The monoisotopic (exact) mass is 250 g/mol. The molecule has 1 heterocycles. The van der Waals surface area contributed by atoms with Gasteiger partial charge in [-0.1, -0.05) is 23.7 Å². The molecule has 0 saturated heterocycles. The van der Waals surface area contributed by atoms with Gasteiger partial charge in [0.1, 0.15) is 0 Å². The molecule has 1 aromatic carbocycles. The molecule has 0 atom stereocenters. The van der Waals surface area contributed by atoms with Crippen LogP contribution in [0.1, 0.15) is 17.5 Å². The lowest BCUT2D eigenvalue weighted by Gasteiger charge is -2.01. The number of hydrogen-bond donors (Lipinski definition) is 1. The summed E-state index contributed by atoms with van der Waals surface area (Å²) >= 11 is 5.83. The van der Waals surface area contributed by atoms with Gasteiger partial charge >= 0.3 is 0 Å². The largest absolute Gasteiger partial charge is 0.396 e. The van der Waals surface area contributed by atoms with Crippen molar-refractivity contribution in [2.24, 2.45) is 0 Å². The summed E-state index contributed by atoms with van der Waals surface area (Å²) in [5.41, 5.74) is 2.33. The number of hydrogen-bond acceptors (Lipinski definition) is 2. The molecule has 0 unspecified atom stereocenters. The number of aliphatic hydroxyl groups excluding tert-OH is 1. The Kier molecular flexibility index (Phi) is 4.18. The molecule has 0 aliphatic carbocycles. The zero-order chi connectivity index (χ0) is 12.1. The molecule has 0 aliphatic rings. The van der Waals surface area contributed by atoms with E-state index in [0.29, 0.717) is 0 Å². The van der Waals surface area contributed by atoms with Crippen molar-refractivity contribution in [3.8, 4) is 0 Å². The maximum Gasteiger partial charge on any atom is 0.0659 e. The van der Waals surface area contributed by atoms with E-state index < -0.39 is 0 Å². The first-order valence-electron chi connectivity index (χ1n) is 5.64. The number of nitrogens with zero attached hydrogens (tertiary/aromatic N) is 2. The predicted octanol–water partition coefficient (Wildman–Crippen LogP) is 2.51. The first-order valence-corrected chi connectivity index (χ1v) is 6.02. The number of rotatable bonds is 5. The van der Waals surface area contributed by atoms with Gasteiger partial charge in [-0.3, -0.25) is 4.68 Å². The van der Waals surface area contributed by atoms with Crippen LogP contribution in [-0.4, -0.2) is 21.5 Å². The first kappa shape index (κ1) is 12.1. The van der Waals surface area contributed by atoms with E-state index >= 15 is 0 Å². The van der Waals surface area contributed by atoms with Gasteiger partial charge in [0.15, 0.2) is 0 Å². The standard InChI is InChI=1S/C13H15ClN2O/c14-13-5-3-11(4-6-13)9-16-10-12(8-15-16)2-1-7-17/h3-6,8,10,17H,1-2,7,9H2. The van der Waals surface area contributed by atoms with Crippen molar-refractivity contribution < 1.29 is 5.11 Å². The lowest BCUT2D eigenvalue weighted by molar-refractivity contribution is 0.288. The molecule has 0 aliphatic heterocycles. The molecule has 2 rings (SSSR count). The van der Waals surface area contributed by atoms with Crippen LogP contribution in [0.25, 0.3) is 0 Å². The minimum atomic E-state index is 0.225. The van der Waals surface area contributed by atoms with Crippen LogP contribution in [0.3, 0.4) is 0 Å². The molecule has 17 heavy (non-hydrogen) atoms. The van der Waals surface area contributed by atoms with Crippen molar-refractivity contribution in [1.82, 2.24) is 9.78 Å². The molecular weight excluding hydrogens is 236 g/mol. The second-order valence-electron chi connectivity index (χ2n) is 4.00. The molecule has 4 heteroatoms. The van der Waals surface area contributed by atoms with Crippen LogP contribution < -0.4 is 0 Å². The van der Waals surface area contributed by atoms with Gasteiger partial charge in [0, 0.05) is 17.8 Å². The third kappa shape index (κ3) is 3.58. The minimum Gasteiger partial charge on any atom is -0.396 e. The van der Waals surface area contributed by atoms with Crippen molar-refractivity contribution >= 4 is 11.6 Å². The van der Waals surface area contributed by atoms with Gasteiger partial charge in [-0.05, 0) is 36.1 Å². The average Bonchev–Trinajstić information content (AvgIpc) is 2.77. The van der Waals surface area contributed by atoms with Gasteiger partial charge in [-0.15, -0.1) is 0 Å². The Bertz CT molecular complexity index is 465. The van der Waals surface area contributed by atoms with E-state index in [1.54, 1.807) is 0 Å². The van der Waals surface area contributed by atoms with Gasteiger partial charge < -0.3 is 5.11 Å². The van der Waals surface area contributed by atoms with Crippen LogP contribution >= 0.6 is 11.6 Å². The molecule has 0 spiro atoms. The Morgan fingerprint density at radius 3 is 2.65 bits per heavy atom. The van der Waals surface area contributed by atoms with E-state index in [0.717, 1.165) is 30.0 Å². The van der Waals surface area contributed by atoms with Crippen LogP contribution in [0.5, 0.6) is 0 Å². The summed E-state index contributed by atoms with van der Waals surface area (Å²) < 4.78 is 1.90. The summed E-state index contributed by atoms with van der Waals surface area (Å²) in [5, 5.41) is 13.8. The molecular formula is C13H15ClN2O. The van der Waals surface area contributed by atoms with E-state index in [2.05, 4.69) is 5.10 Å². The summed E-state index contributed by atoms with van der Waals surface area (Å²) in [6, 6.07) is 7.76. The van der Waals surface area contributed by atoms with Gasteiger partial charge in [0.2, 0.25) is 0 Å². The Labute approximate surface area is 106 Å². The van der Waals surface area contributed by atoms with E-state index in [1.165, 1.54) is 5.56 Å². The molecule has 2 aromatic rings. The molecule has 0 saturated carbocycles. The number of benzene rings is 1. The number of aryl methyl sites for hydroxylation is 1. The van der Waals surface area contributed by atoms with Crippen molar-refractivity contribution in [2.75, 3.05) is 6.61 Å². The van der Waals surface area contributed by atoms with Crippen LogP contribution in [-0.2, 0) is 13.0 Å². The number of aromatic nitrogens is 2. The van der Waals surface area contributed by atoms with Gasteiger partial charge in [0.25, 0.3) is 0 Å². The average molecular weight is 251 g/mol. The molecule has 0 radical (unpaired) electrons. The summed E-state index contributed by atoms with van der Waals surface area (Å²) in [5.74, 6) is 0. The molecule has 90 valence electrons. The number of aliphatic hydroxyl groups is 1. The third-order valence-corrected chi connectivity index (χ3v) is 2.82. The van der Waals surface area contributed by atoms with E-state index in [1.807, 2.05) is 41.3 Å². The molecule has 0 amide bonds. The summed E-state index contributed by atoms with van der Waals surface area (Å²) in [6.45, 7) is 0.971. The highest BCUT2D eigenvalue weighted by molar-refractivity contribution is 6.30. The highest BCUT2D eigenvalue weighted by atomic mass is 35.5. The Hall–Kier alpha value is -1.32. The number of halogens is 1. The van der Waals surface area contributed by atoms with Crippen molar-refractivity contribution in [2.45, 2.75) is 19.4 Å². The van der Waals surface area contributed by atoms with Gasteiger partial charge in [-0.2, -0.15) is 5.10 Å². The Morgan fingerprint density at radius 1 is 1.18 bits per heavy atom. The third-order valence-electron chi connectivity index (χ3n) is 2.57. The first-order chi connectivity index (χ1) is 8.28. The fourth-order valence-corrected chi connectivity index (χ4v) is 1.81. The second kappa shape index (κ2) is 5.84. The fourth-order valence-electron chi connectivity index (χ4n) is 1.68. The topological polar surface area (TPSA) is 38.1 Å². The van der Waals surface area contributed by atoms with E-state index in [4.69, 9.17) is 16.7 Å². The fraction of sp³-hybridized carbons (Fsp3) is 0.308. The lowest BCUT2D eigenvalue weighted by Crippen LogP contribution is -1.99. The highest BCUT2D eigenvalue weighted by Gasteiger charge is 2.00. The van der Waals surface area contributed by atoms with Crippen LogP contribution in [0.4, 0.5) is 0 Å². The van der Waals surface area contributed by atoms with Crippen LogP contribution in [0.15, 0.2) is 36.7 Å². The molecule has 0 fully saturated rings. The maximum absolute atomic E-state index is 8.76. The normalized spacial score (nSPS) is 10.7. The second-order valence-corrected chi connectivity index (χ2v) is 4.44. The van der Waals surface area contributed by atoms with E-state index in [9.17, 15) is 0 Å². The minimum absolute atomic E-state index is 0.225. The van der Waals surface area contributed by atoms with Crippen LogP contribution in [0, 0.1) is 0 Å². The predicted molar refractivity (Wildman–Crippen MR) is 68.2 cm³/mol. The SMILES string of the molecule is OCCCc1cnn(Cc2ccc(Cl)cc2)c1. The van der Waals surface area contributed by atoms with E-state index in [-0.39, 0.29) is 6.61 Å². The maximum atomic E-state index is 8.76. The van der Waals surface area contributed by atoms with Gasteiger partial charge in [0.05, 0.1) is 12.7 Å². The zero-order valence-electron chi connectivity index (χ0n) is 9.51. The zero-order valence-corrected chi connectivity index (χ0v) is 10.3. The highest BCUT2D eigenvalue weighted by Crippen LogP contribution is 2.11. The molecule has 1 N–H and O–H groups in total. The van der Waals surface area contributed by atoms with Gasteiger partial charge in [-0.25, -0.2) is 0 Å². The Balaban J connectivity index is 1.98. The lowest BCUT2D eigenvalue weighted by atomic mass is 10.2. The van der Waals surface area contributed by atoms with Crippen molar-refractivity contribution in [3.63, 3.8) is 0 Å². The molecule has 0 bridgehead atoms. The quantitative estimate of drug-likeness (QED) is 0.886. The molecule has 1 aromatic heterocycles. The summed E-state index contributed by atoms with van der Waals surface area (Å²) in [6.07, 6.45) is 5.53. The van der Waals surface area contributed by atoms with Crippen molar-refractivity contribution in [3.05, 3.63) is 52.8 Å². The summed E-state index contributed by atoms with van der Waals surface area (Å²) in [7, 11) is 0. The smallest absolute Gasteiger partial charge is 0.0659 e. The summed E-state index contributed by atoms with van der Waals surface area (Å²) in [4.78, 5) is 0. The van der Waals surface area contributed by atoms with Crippen LogP contribution in [0.2, 0.25) is 5.02 Å². The molecule has 3 nitrogen and oxygen atoms in total.